The monoisotopic (exact) mass is 318 g/mol. The predicted octanol–water partition coefficient (Wildman–Crippen LogP) is 2.97. The van der Waals surface area contributed by atoms with Gasteiger partial charge in [-0.3, -0.25) is 4.79 Å². The van der Waals surface area contributed by atoms with Crippen LogP contribution in [0.5, 0.6) is 0 Å². The van der Waals surface area contributed by atoms with E-state index < -0.39 is 9.20 Å². The molecule has 1 aliphatic rings. The maximum atomic E-state index is 10.9. The van der Waals surface area contributed by atoms with Crippen molar-refractivity contribution in [2.24, 2.45) is 5.92 Å². The zero-order valence-electron chi connectivity index (χ0n) is 7.15. The first-order valence-electron chi connectivity index (χ1n) is 4.20. The Kier molecular flexibility index (Phi) is 2.43. The topological polar surface area (TPSA) is 37.3 Å². The summed E-state index contributed by atoms with van der Waals surface area (Å²) < 4.78 is -0.465. The zero-order valence-corrected chi connectivity index (χ0v) is 10.3. The summed E-state index contributed by atoms with van der Waals surface area (Å²) in [5, 5.41) is 8.96. The maximum Gasteiger partial charge on any atom is 0.309 e. The third-order valence-electron chi connectivity index (χ3n) is 2.48. The molecule has 0 aromatic heterocycles. The lowest BCUT2D eigenvalue weighted by molar-refractivity contribution is -0.138. The molecule has 0 bridgehead atoms. The van der Waals surface area contributed by atoms with Gasteiger partial charge >= 0.3 is 5.97 Å². The zero-order chi connectivity index (χ0) is 10.3. The fourth-order valence-electron chi connectivity index (χ4n) is 1.71. The highest BCUT2D eigenvalue weighted by Crippen LogP contribution is 2.67. The summed E-state index contributed by atoms with van der Waals surface area (Å²) in [6.45, 7) is 0. The molecule has 1 N–H and O–H groups in total. The van der Waals surface area contributed by atoms with E-state index in [1.807, 2.05) is 30.3 Å². The first-order valence-corrected chi connectivity index (χ1v) is 5.79. The normalized spacial score (nSPS) is 28.4. The van der Waals surface area contributed by atoms with Gasteiger partial charge in [-0.1, -0.05) is 62.2 Å². The van der Waals surface area contributed by atoms with E-state index in [2.05, 4.69) is 31.9 Å². The van der Waals surface area contributed by atoms with Gasteiger partial charge in [0.2, 0.25) is 0 Å². The Balaban J connectivity index is 2.28. The van der Waals surface area contributed by atoms with Crippen LogP contribution < -0.4 is 0 Å². The van der Waals surface area contributed by atoms with E-state index >= 15 is 0 Å². The molecule has 0 amide bonds. The van der Waals surface area contributed by atoms with E-state index in [4.69, 9.17) is 5.11 Å². The SMILES string of the molecule is O=C(O)C1C(c2ccccc2)C1(Br)Br. The van der Waals surface area contributed by atoms with Crippen molar-refractivity contribution in [1.29, 1.82) is 0 Å². The molecule has 1 aliphatic carbocycles. The summed E-state index contributed by atoms with van der Waals surface area (Å²) in [5.41, 5.74) is 1.05. The van der Waals surface area contributed by atoms with Crippen LogP contribution in [0.3, 0.4) is 0 Å². The number of rotatable bonds is 2. The second-order valence-corrected chi connectivity index (χ2v) is 7.07. The van der Waals surface area contributed by atoms with Crippen LogP contribution in [0.1, 0.15) is 11.5 Å². The van der Waals surface area contributed by atoms with Gasteiger partial charge < -0.3 is 5.11 Å². The minimum absolute atomic E-state index is 0.0150. The molecule has 0 heterocycles. The molecule has 2 rings (SSSR count). The van der Waals surface area contributed by atoms with Crippen LogP contribution in [0.15, 0.2) is 30.3 Å². The number of alkyl halides is 2. The summed E-state index contributed by atoms with van der Waals surface area (Å²) >= 11 is 6.78. The number of hydrogen-bond donors (Lipinski definition) is 1. The van der Waals surface area contributed by atoms with Crippen molar-refractivity contribution in [2.45, 2.75) is 9.15 Å². The molecule has 2 unspecified atom stereocenters. The lowest BCUT2D eigenvalue weighted by Gasteiger charge is -1.98. The first-order chi connectivity index (χ1) is 6.55. The molecule has 2 nitrogen and oxygen atoms in total. The van der Waals surface area contributed by atoms with E-state index in [0.717, 1.165) is 5.56 Å². The van der Waals surface area contributed by atoms with Crippen LogP contribution in [0.25, 0.3) is 0 Å². The van der Waals surface area contributed by atoms with Crippen molar-refractivity contribution in [3.05, 3.63) is 35.9 Å². The highest BCUT2D eigenvalue weighted by Gasteiger charge is 2.66. The average molecular weight is 320 g/mol. The Morgan fingerprint density at radius 1 is 1.29 bits per heavy atom. The quantitative estimate of drug-likeness (QED) is 0.851. The third kappa shape index (κ3) is 1.50. The minimum atomic E-state index is -0.771. The van der Waals surface area contributed by atoms with Crippen molar-refractivity contribution in [3.8, 4) is 0 Å². The Bertz CT molecular complexity index is 362. The fourth-order valence-corrected chi connectivity index (χ4v) is 3.42. The van der Waals surface area contributed by atoms with Crippen LogP contribution in [0.4, 0.5) is 0 Å². The van der Waals surface area contributed by atoms with Gasteiger partial charge in [-0.05, 0) is 5.56 Å². The molecule has 0 radical (unpaired) electrons. The van der Waals surface area contributed by atoms with Gasteiger partial charge in [0.25, 0.3) is 0 Å². The van der Waals surface area contributed by atoms with Gasteiger partial charge in [0.15, 0.2) is 0 Å². The summed E-state index contributed by atoms with van der Waals surface area (Å²) in [6.07, 6.45) is 0. The van der Waals surface area contributed by atoms with Gasteiger partial charge in [-0.25, -0.2) is 0 Å². The molecule has 1 saturated carbocycles. The summed E-state index contributed by atoms with van der Waals surface area (Å²) in [7, 11) is 0. The second kappa shape index (κ2) is 3.35. The lowest BCUT2D eigenvalue weighted by Crippen LogP contribution is -2.02. The van der Waals surface area contributed by atoms with Crippen LogP contribution in [-0.4, -0.2) is 14.3 Å². The molecule has 2 atom stereocenters. The summed E-state index contributed by atoms with van der Waals surface area (Å²) in [6, 6.07) is 9.66. The summed E-state index contributed by atoms with van der Waals surface area (Å²) in [4.78, 5) is 10.9. The second-order valence-electron chi connectivity index (χ2n) is 3.38. The van der Waals surface area contributed by atoms with Gasteiger partial charge in [0.05, 0.1) is 5.92 Å². The summed E-state index contributed by atoms with van der Waals surface area (Å²) in [5.74, 6) is -1.14. The number of carboxylic acid groups (broad SMARTS) is 1. The number of carboxylic acids is 1. The first kappa shape index (κ1) is 10.2. The molecule has 74 valence electrons. The van der Waals surface area contributed by atoms with Gasteiger partial charge in [0.1, 0.15) is 3.23 Å². The predicted molar refractivity (Wildman–Crippen MR) is 60.9 cm³/mol. The van der Waals surface area contributed by atoms with Gasteiger partial charge in [-0.2, -0.15) is 0 Å². The van der Waals surface area contributed by atoms with E-state index in [1.54, 1.807) is 0 Å². The number of benzene rings is 1. The van der Waals surface area contributed by atoms with Crippen molar-refractivity contribution in [3.63, 3.8) is 0 Å². The van der Waals surface area contributed by atoms with Gasteiger partial charge in [0, 0.05) is 5.92 Å². The number of halogens is 2. The molecule has 1 aromatic rings. The van der Waals surface area contributed by atoms with Crippen molar-refractivity contribution in [2.75, 3.05) is 0 Å². The highest BCUT2D eigenvalue weighted by atomic mass is 79.9. The van der Waals surface area contributed by atoms with Gasteiger partial charge in [-0.15, -0.1) is 0 Å². The van der Waals surface area contributed by atoms with E-state index in [9.17, 15) is 4.79 Å². The largest absolute Gasteiger partial charge is 0.481 e. The fraction of sp³-hybridized carbons (Fsp3) is 0.300. The van der Waals surface area contributed by atoms with E-state index in [-0.39, 0.29) is 11.8 Å². The van der Waals surface area contributed by atoms with Crippen molar-refractivity contribution < 1.29 is 9.90 Å². The van der Waals surface area contributed by atoms with Crippen molar-refractivity contribution >= 4 is 37.8 Å². The molecule has 0 saturated heterocycles. The molecule has 0 spiro atoms. The standard InChI is InChI=1S/C10H8Br2O2/c11-10(12)7(8(10)9(13)14)6-4-2-1-3-5-6/h1-5,7-8H,(H,13,14). The lowest BCUT2D eigenvalue weighted by atomic mass is 10.1. The van der Waals surface area contributed by atoms with Crippen LogP contribution >= 0.6 is 31.9 Å². The van der Waals surface area contributed by atoms with E-state index in [0.29, 0.717) is 0 Å². The Morgan fingerprint density at radius 3 is 2.29 bits per heavy atom. The number of aliphatic carboxylic acids is 1. The number of carbonyl (C=O) groups is 1. The molecule has 1 aromatic carbocycles. The smallest absolute Gasteiger partial charge is 0.309 e. The average Bonchev–Trinajstić information content (AvgIpc) is 2.71. The van der Waals surface area contributed by atoms with Crippen LogP contribution in [0, 0.1) is 5.92 Å². The molecule has 0 aliphatic heterocycles. The molecule has 4 heteroatoms. The molecular weight excluding hydrogens is 312 g/mol. The Labute approximate surface area is 98.6 Å². The van der Waals surface area contributed by atoms with E-state index in [1.165, 1.54) is 0 Å². The highest BCUT2D eigenvalue weighted by molar-refractivity contribution is 9.25. The van der Waals surface area contributed by atoms with Crippen molar-refractivity contribution in [1.82, 2.24) is 0 Å². The molecular formula is C10H8Br2O2. The molecule has 14 heavy (non-hydrogen) atoms. The third-order valence-corrected chi connectivity index (χ3v) is 4.45. The number of hydrogen-bond acceptors (Lipinski definition) is 1. The van der Waals surface area contributed by atoms with Crippen LogP contribution in [-0.2, 0) is 4.79 Å². The Morgan fingerprint density at radius 2 is 1.86 bits per heavy atom. The molecule has 1 fully saturated rings. The van der Waals surface area contributed by atoms with Crippen LogP contribution in [0.2, 0.25) is 0 Å². The maximum absolute atomic E-state index is 10.9. The minimum Gasteiger partial charge on any atom is -0.481 e. The Hall–Kier alpha value is -0.350.